The van der Waals surface area contributed by atoms with Crippen LogP contribution in [0.5, 0.6) is 0 Å². The van der Waals surface area contributed by atoms with Crippen LogP contribution >= 0.6 is 0 Å². The quantitative estimate of drug-likeness (QED) is 0.622. The molecule has 0 N–H and O–H groups in total. The average molecular weight is 173 g/mol. The molecule has 1 aliphatic rings. The summed E-state index contributed by atoms with van der Waals surface area (Å²) in [5.74, 6) is 0. The Morgan fingerprint density at radius 1 is 1.18 bits per heavy atom. The first-order valence-electron chi connectivity index (χ1n) is 4.13. The molecule has 1 atom stereocenters. The summed E-state index contributed by atoms with van der Waals surface area (Å²) in [7, 11) is -0.927. The second-order valence-corrected chi connectivity index (χ2v) is 4.19. The van der Waals surface area contributed by atoms with E-state index in [1.807, 2.05) is 4.31 Å². The van der Waals surface area contributed by atoms with Crippen molar-refractivity contribution in [1.29, 1.82) is 0 Å². The molecule has 0 radical (unpaired) electrons. The Bertz CT molecular complexity index is 150. The van der Waals surface area contributed by atoms with Gasteiger partial charge in [-0.05, 0) is 12.8 Å². The molecule has 2 nitrogen and oxygen atoms in total. The highest BCUT2D eigenvalue weighted by molar-refractivity contribution is 7.85. The van der Waals surface area contributed by atoms with Crippen molar-refractivity contribution in [3.05, 3.63) is 12.0 Å². The summed E-state index contributed by atoms with van der Waals surface area (Å²) in [6, 6.07) is 0. The van der Waals surface area contributed by atoms with Crippen LogP contribution in [-0.4, -0.2) is 21.6 Å². The summed E-state index contributed by atoms with van der Waals surface area (Å²) < 4.78 is 13.2. The molecule has 0 spiro atoms. The van der Waals surface area contributed by atoms with Gasteiger partial charge in [0.25, 0.3) is 0 Å². The minimum atomic E-state index is -0.927. The second-order valence-electron chi connectivity index (χ2n) is 2.79. The largest absolute Gasteiger partial charge is 0.238 e. The van der Waals surface area contributed by atoms with Gasteiger partial charge in [-0.3, -0.25) is 0 Å². The maximum atomic E-state index is 11.2. The lowest BCUT2D eigenvalue weighted by Gasteiger charge is -2.15. The van der Waals surface area contributed by atoms with E-state index in [2.05, 4.69) is 6.58 Å². The van der Waals surface area contributed by atoms with Gasteiger partial charge in [-0.2, -0.15) is 0 Å². The van der Waals surface area contributed by atoms with Gasteiger partial charge in [0.05, 0.1) is 0 Å². The first-order chi connectivity index (χ1) is 5.34. The van der Waals surface area contributed by atoms with Crippen LogP contribution in [0.4, 0.5) is 0 Å². The Morgan fingerprint density at radius 2 is 1.73 bits per heavy atom. The minimum Gasteiger partial charge on any atom is -0.238 e. The van der Waals surface area contributed by atoms with Crippen LogP contribution in [0.2, 0.25) is 0 Å². The lowest BCUT2D eigenvalue weighted by Crippen LogP contribution is -2.25. The van der Waals surface area contributed by atoms with E-state index in [1.165, 1.54) is 31.1 Å². The highest BCUT2D eigenvalue weighted by atomic mass is 32.2. The van der Waals surface area contributed by atoms with E-state index in [-0.39, 0.29) is 0 Å². The van der Waals surface area contributed by atoms with Crippen molar-refractivity contribution in [2.45, 2.75) is 25.7 Å². The molecule has 0 amide bonds. The zero-order valence-corrected chi connectivity index (χ0v) is 7.61. The molecule has 0 saturated carbocycles. The topological polar surface area (TPSA) is 20.3 Å². The number of hydrogen-bond acceptors (Lipinski definition) is 1. The van der Waals surface area contributed by atoms with E-state index >= 15 is 0 Å². The van der Waals surface area contributed by atoms with Gasteiger partial charge in [-0.15, -0.1) is 0 Å². The summed E-state index contributed by atoms with van der Waals surface area (Å²) >= 11 is 0. The summed E-state index contributed by atoms with van der Waals surface area (Å²) in [5, 5.41) is 1.52. The predicted molar refractivity (Wildman–Crippen MR) is 48.4 cm³/mol. The maximum Gasteiger partial charge on any atom is 0.119 e. The van der Waals surface area contributed by atoms with Crippen LogP contribution < -0.4 is 0 Å². The van der Waals surface area contributed by atoms with Gasteiger partial charge in [-0.25, -0.2) is 8.51 Å². The molecule has 0 aromatic carbocycles. The van der Waals surface area contributed by atoms with Crippen molar-refractivity contribution in [3.63, 3.8) is 0 Å². The molecule has 0 aromatic heterocycles. The maximum absolute atomic E-state index is 11.2. The lowest BCUT2D eigenvalue weighted by molar-refractivity contribution is 0.465. The fourth-order valence-corrected chi connectivity index (χ4v) is 2.16. The van der Waals surface area contributed by atoms with Crippen molar-refractivity contribution < 1.29 is 4.21 Å². The lowest BCUT2D eigenvalue weighted by atomic mass is 10.2. The fraction of sp³-hybridized carbons (Fsp3) is 0.750. The van der Waals surface area contributed by atoms with Crippen LogP contribution in [0.1, 0.15) is 25.7 Å². The van der Waals surface area contributed by atoms with Gasteiger partial charge >= 0.3 is 0 Å². The van der Waals surface area contributed by atoms with Crippen molar-refractivity contribution in [3.8, 4) is 0 Å². The molecule has 0 aliphatic carbocycles. The smallest absolute Gasteiger partial charge is 0.119 e. The Hall–Kier alpha value is -0.150. The van der Waals surface area contributed by atoms with Crippen molar-refractivity contribution in [2.24, 2.45) is 0 Å². The molecule has 1 rings (SSSR count). The van der Waals surface area contributed by atoms with Gasteiger partial charge < -0.3 is 0 Å². The zero-order chi connectivity index (χ0) is 8.10. The molecule has 1 aliphatic heterocycles. The van der Waals surface area contributed by atoms with E-state index in [4.69, 9.17) is 0 Å². The number of nitrogens with zero attached hydrogens (tertiary/aromatic N) is 1. The number of hydrogen-bond donors (Lipinski definition) is 0. The first kappa shape index (κ1) is 8.94. The van der Waals surface area contributed by atoms with E-state index in [1.54, 1.807) is 0 Å². The third kappa shape index (κ3) is 2.75. The fourth-order valence-electron chi connectivity index (χ4n) is 1.33. The molecule has 3 heteroatoms. The Balaban J connectivity index is 2.42. The Kier molecular flexibility index (Phi) is 3.80. The van der Waals surface area contributed by atoms with Crippen LogP contribution in [0.25, 0.3) is 0 Å². The molecule has 1 saturated heterocycles. The second kappa shape index (κ2) is 4.67. The standard InChI is InChI=1S/C8H15NOS/c1-2-11(10)9-7-5-3-4-6-8-9/h2H,1,3-8H2. The highest BCUT2D eigenvalue weighted by Gasteiger charge is 2.11. The average Bonchev–Trinajstić information content (AvgIpc) is 2.30. The molecule has 1 unspecified atom stereocenters. The van der Waals surface area contributed by atoms with Crippen molar-refractivity contribution >= 4 is 11.0 Å². The van der Waals surface area contributed by atoms with Crippen LogP contribution in [0.3, 0.4) is 0 Å². The summed E-state index contributed by atoms with van der Waals surface area (Å²) in [5.41, 5.74) is 0. The van der Waals surface area contributed by atoms with Crippen molar-refractivity contribution in [1.82, 2.24) is 4.31 Å². The SMILES string of the molecule is C=CS(=O)N1CCCCCC1. The van der Waals surface area contributed by atoms with E-state index < -0.39 is 11.0 Å². The molecule has 64 valence electrons. The van der Waals surface area contributed by atoms with E-state index in [9.17, 15) is 4.21 Å². The van der Waals surface area contributed by atoms with Gasteiger partial charge in [0, 0.05) is 18.5 Å². The first-order valence-corrected chi connectivity index (χ1v) is 5.30. The molecular formula is C8H15NOS. The molecule has 1 fully saturated rings. The van der Waals surface area contributed by atoms with Gasteiger partial charge in [0.2, 0.25) is 0 Å². The van der Waals surface area contributed by atoms with Gasteiger partial charge in [0.1, 0.15) is 11.0 Å². The zero-order valence-electron chi connectivity index (χ0n) is 6.79. The van der Waals surface area contributed by atoms with Crippen LogP contribution in [-0.2, 0) is 11.0 Å². The molecule has 11 heavy (non-hydrogen) atoms. The van der Waals surface area contributed by atoms with Crippen molar-refractivity contribution in [2.75, 3.05) is 13.1 Å². The van der Waals surface area contributed by atoms with E-state index in [0.717, 1.165) is 13.1 Å². The van der Waals surface area contributed by atoms with Crippen LogP contribution in [0.15, 0.2) is 12.0 Å². The third-order valence-corrected chi connectivity index (χ3v) is 3.12. The minimum absolute atomic E-state index is 0.927. The van der Waals surface area contributed by atoms with Gasteiger partial charge in [0.15, 0.2) is 0 Å². The molecule has 0 bridgehead atoms. The third-order valence-electron chi connectivity index (χ3n) is 1.96. The summed E-state index contributed by atoms with van der Waals surface area (Å²) in [6.07, 6.45) is 4.93. The summed E-state index contributed by atoms with van der Waals surface area (Å²) in [4.78, 5) is 0. The normalized spacial score (nSPS) is 24.0. The highest BCUT2D eigenvalue weighted by Crippen LogP contribution is 2.11. The van der Waals surface area contributed by atoms with E-state index in [0.29, 0.717) is 0 Å². The monoisotopic (exact) mass is 173 g/mol. The summed E-state index contributed by atoms with van der Waals surface area (Å²) in [6.45, 7) is 5.47. The molecule has 1 heterocycles. The van der Waals surface area contributed by atoms with Gasteiger partial charge in [-0.1, -0.05) is 19.4 Å². The predicted octanol–water partition coefficient (Wildman–Crippen LogP) is 1.67. The molecule has 0 aromatic rings. The number of rotatable bonds is 2. The molecular weight excluding hydrogens is 158 g/mol. The van der Waals surface area contributed by atoms with Crippen LogP contribution in [0, 0.1) is 0 Å². The Labute approximate surface area is 70.9 Å². The Morgan fingerprint density at radius 3 is 2.18 bits per heavy atom.